The number of nitriles is 1. The highest BCUT2D eigenvalue weighted by molar-refractivity contribution is 6.05. The van der Waals surface area contributed by atoms with Crippen LogP contribution in [0.2, 0.25) is 0 Å². The Kier molecular flexibility index (Phi) is 6.35. The maximum absolute atomic E-state index is 13.4. The number of pyridine rings is 2. The van der Waals surface area contributed by atoms with Gasteiger partial charge in [0.2, 0.25) is 0 Å². The van der Waals surface area contributed by atoms with Gasteiger partial charge in [-0.1, -0.05) is 0 Å². The average molecular weight is 495 g/mol. The first kappa shape index (κ1) is 23.3. The minimum absolute atomic E-state index is 0.151. The minimum atomic E-state index is 0.151. The molecule has 37 heavy (non-hydrogen) atoms. The van der Waals surface area contributed by atoms with Crippen LogP contribution in [0.4, 0.5) is 4.79 Å². The monoisotopic (exact) mass is 494 g/mol. The Morgan fingerprint density at radius 3 is 2.70 bits per heavy atom. The number of fused-ring (bicyclic) bond motifs is 3. The number of aromatic nitrogens is 3. The number of likely N-dealkylation sites (tertiary alicyclic amines) is 2. The lowest BCUT2D eigenvalue weighted by Gasteiger charge is -2.39. The van der Waals surface area contributed by atoms with Crippen LogP contribution < -0.4 is 4.74 Å². The molecule has 1 N–H and O–H groups in total. The molecule has 0 radical (unpaired) electrons. The standard InChI is InChI=1S/C29H30N6O2/c30-16-20-3-5-23(6-4-20)37-19-21-2-1-13-35(18-21)29(36)34-14-9-22(10-15-34)24-7-11-31-26-17-33-28-25(27(24)26)8-12-32-28/h3-8,11-12,17,21-22H,1-2,9-10,13-15,18-19H2,(H,32,33). The van der Waals surface area contributed by atoms with Crippen LogP contribution in [0, 0.1) is 17.2 Å². The van der Waals surface area contributed by atoms with E-state index in [1.54, 1.807) is 12.1 Å². The number of rotatable bonds is 4. The summed E-state index contributed by atoms with van der Waals surface area (Å²) in [5, 5.41) is 11.3. The van der Waals surface area contributed by atoms with E-state index in [0.29, 0.717) is 24.0 Å². The van der Waals surface area contributed by atoms with E-state index < -0.39 is 0 Å². The molecule has 0 aliphatic carbocycles. The third-order valence-electron chi connectivity index (χ3n) is 7.79. The number of piperidine rings is 2. The van der Waals surface area contributed by atoms with Crippen LogP contribution in [-0.2, 0) is 0 Å². The van der Waals surface area contributed by atoms with Crippen molar-refractivity contribution in [1.82, 2.24) is 24.8 Å². The minimum Gasteiger partial charge on any atom is -0.493 e. The fourth-order valence-electron chi connectivity index (χ4n) is 5.82. The number of H-pyrrole nitrogens is 1. The molecular formula is C29H30N6O2. The summed E-state index contributed by atoms with van der Waals surface area (Å²) < 4.78 is 5.97. The molecule has 1 atom stereocenters. The Morgan fingerprint density at radius 2 is 1.89 bits per heavy atom. The molecule has 3 aromatic heterocycles. The zero-order chi connectivity index (χ0) is 25.2. The van der Waals surface area contributed by atoms with Crippen LogP contribution in [0.5, 0.6) is 5.75 Å². The highest BCUT2D eigenvalue weighted by Crippen LogP contribution is 2.35. The fraction of sp³-hybridized carbons (Fsp3) is 0.379. The number of hydrogen-bond acceptors (Lipinski definition) is 5. The number of hydrogen-bond donors (Lipinski definition) is 1. The molecule has 2 fully saturated rings. The number of amides is 2. The molecule has 4 aromatic rings. The molecule has 188 valence electrons. The van der Waals surface area contributed by atoms with Crippen LogP contribution >= 0.6 is 0 Å². The quantitative estimate of drug-likeness (QED) is 0.427. The van der Waals surface area contributed by atoms with Gasteiger partial charge in [-0.3, -0.25) is 4.98 Å². The SMILES string of the molecule is N#Cc1ccc(OCC2CCCN(C(=O)N3CCC(c4ccnc5cnc6[nH]ccc6c45)CC3)C2)cc1. The lowest BCUT2D eigenvalue weighted by Crippen LogP contribution is -2.50. The Bertz CT molecular complexity index is 1450. The summed E-state index contributed by atoms with van der Waals surface area (Å²) in [7, 11) is 0. The van der Waals surface area contributed by atoms with Crippen molar-refractivity contribution in [3.8, 4) is 11.8 Å². The number of ether oxygens (including phenoxy) is 1. The van der Waals surface area contributed by atoms with E-state index in [2.05, 4.69) is 33.2 Å². The van der Waals surface area contributed by atoms with E-state index in [1.807, 2.05) is 40.5 Å². The molecule has 8 heteroatoms. The largest absolute Gasteiger partial charge is 0.493 e. The molecule has 8 nitrogen and oxygen atoms in total. The highest BCUT2D eigenvalue weighted by Gasteiger charge is 2.31. The molecule has 0 bridgehead atoms. The molecule has 2 saturated heterocycles. The molecule has 2 amide bonds. The number of aromatic amines is 1. The van der Waals surface area contributed by atoms with Crippen LogP contribution in [-0.4, -0.2) is 63.6 Å². The molecule has 6 rings (SSSR count). The third-order valence-corrected chi connectivity index (χ3v) is 7.79. The second kappa shape index (κ2) is 10.1. The summed E-state index contributed by atoms with van der Waals surface area (Å²) in [4.78, 5) is 29.7. The van der Waals surface area contributed by atoms with Crippen LogP contribution in [0.3, 0.4) is 0 Å². The maximum Gasteiger partial charge on any atom is 0.320 e. The van der Waals surface area contributed by atoms with Gasteiger partial charge in [0.15, 0.2) is 0 Å². The van der Waals surface area contributed by atoms with Crippen molar-refractivity contribution in [3.05, 3.63) is 66.1 Å². The Morgan fingerprint density at radius 1 is 1.05 bits per heavy atom. The van der Waals surface area contributed by atoms with Gasteiger partial charge in [0.1, 0.15) is 11.4 Å². The van der Waals surface area contributed by atoms with E-state index in [0.717, 1.165) is 74.2 Å². The van der Waals surface area contributed by atoms with Crippen molar-refractivity contribution in [1.29, 1.82) is 5.26 Å². The number of urea groups is 1. The number of nitrogens with zero attached hydrogens (tertiary/aromatic N) is 5. The maximum atomic E-state index is 13.4. The van der Waals surface area contributed by atoms with Gasteiger partial charge in [0.25, 0.3) is 0 Å². The lowest BCUT2D eigenvalue weighted by molar-refractivity contribution is 0.104. The molecule has 5 heterocycles. The smallest absolute Gasteiger partial charge is 0.320 e. The van der Waals surface area contributed by atoms with Gasteiger partial charge in [-0.15, -0.1) is 0 Å². The number of nitrogens with one attached hydrogen (secondary N) is 1. The molecule has 1 aromatic carbocycles. The van der Waals surface area contributed by atoms with Crippen molar-refractivity contribution in [2.45, 2.75) is 31.6 Å². The summed E-state index contributed by atoms with van der Waals surface area (Å²) in [6.45, 7) is 3.63. The first-order chi connectivity index (χ1) is 18.2. The van der Waals surface area contributed by atoms with Gasteiger partial charge in [-0.2, -0.15) is 5.26 Å². The molecule has 0 saturated carbocycles. The average Bonchev–Trinajstić information content (AvgIpc) is 3.45. The summed E-state index contributed by atoms with van der Waals surface area (Å²) in [5.74, 6) is 1.47. The van der Waals surface area contributed by atoms with E-state index in [4.69, 9.17) is 10.00 Å². The summed E-state index contributed by atoms with van der Waals surface area (Å²) in [6.07, 6.45) is 9.58. The number of benzene rings is 1. The van der Waals surface area contributed by atoms with Crippen molar-refractivity contribution in [3.63, 3.8) is 0 Å². The zero-order valence-corrected chi connectivity index (χ0v) is 20.8. The predicted octanol–water partition coefficient (Wildman–Crippen LogP) is 5.07. The first-order valence-corrected chi connectivity index (χ1v) is 13.1. The van der Waals surface area contributed by atoms with E-state index in [9.17, 15) is 4.79 Å². The zero-order valence-electron chi connectivity index (χ0n) is 20.8. The van der Waals surface area contributed by atoms with Crippen molar-refractivity contribution in [2.24, 2.45) is 5.92 Å². The molecule has 1 unspecified atom stereocenters. The Labute approximate surface area is 215 Å². The van der Waals surface area contributed by atoms with Crippen LogP contribution in [0.1, 0.15) is 42.7 Å². The van der Waals surface area contributed by atoms with Crippen molar-refractivity contribution in [2.75, 3.05) is 32.8 Å². The van der Waals surface area contributed by atoms with Gasteiger partial charge >= 0.3 is 6.03 Å². The van der Waals surface area contributed by atoms with Crippen molar-refractivity contribution < 1.29 is 9.53 Å². The Hall–Kier alpha value is -4.12. The van der Waals surface area contributed by atoms with E-state index in [1.165, 1.54) is 10.9 Å². The van der Waals surface area contributed by atoms with Crippen LogP contribution in [0.15, 0.2) is 55.0 Å². The third kappa shape index (κ3) is 4.69. The second-order valence-corrected chi connectivity index (χ2v) is 10.1. The molecule has 2 aliphatic rings. The topological polar surface area (TPSA) is 98.1 Å². The van der Waals surface area contributed by atoms with E-state index in [-0.39, 0.29) is 6.03 Å². The van der Waals surface area contributed by atoms with Gasteiger partial charge in [-0.05, 0) is 73.6 Å². The summed E-state index contributed by atoms with van der Waals surface area (Å²) in [6, 6.07) is 13.7. The Balaban J connectivity index is 1.07. The fourth-order valence-corrected chi connectivity index (χ4v) is 5.82. The highest BCUT2D eigenvalue weighted by atomic mass is 16.5. The van der Waals surface area contributed by atoms with Crippen LogP contribution in [0.25, 0.3) is 21.9 Å². The van der Waals surface area contributed by atoms with Gasteiger partial charge in [0.05, 0.1) is 30.0 Å². The molecular weight excluding hydrogens is 464 g/mol. The predicted molar refractivity (Wildman–Crippen MR) is 141 cm³/mol. The summed E-state index contributed by atoms with van der Waals surface area (Å²) >= 11 is 0. The van der Waals surface area contributed by atoms with Gasteiger partial charge in [-0.25, -0.2) is 9.78 Å². The lowest BCUT2D eigenvalue weighted by atomic mass is 9.87. The van der Waals surface area contributed by atoms with Gasteiger partial charge in [0, 0.05) is 55.3 Å². The number of carbonyl (C=O) groups is 1. The van der Waals surface area contributed by atoms with Gasteiger partial charge < -0.3 is 19.5 Å². The summed E-state index contributed by atoms with van der Waals surface area (Å²) in [5.41, 5.74) is 3.74. The molecule has 2 aliphatic heterocycles. The number of carbonyl (C=O) groups excluding carboxylic acids is 1. The van der Waals surface area contributed by atoms with Crippen molar-refractivity contribution >= 4 is 28.0 Å². The second-order valence-electron chi connectivity index (χ2n) is 10.1. The van der Waals surface area contributed by atoms with E-state index >= 15 is 0 Å². The normalized spacial score (nSPS) is 18.7. The first-order valence-electron chi connectivity index (χ1n) is 13.1. The molecule has 0 spiro atoms.